The third kappa shape index (κ3) is 4.95. The van der Waals surface area contributed by atoms with Gasteiger partial charge in [-0.25, -0.2) is 4.98 Å². The first-order valence-corrected chi connectivity index (χ1v) is 13.5. The smallest absolute Gasteiger partial charge is 0.277 e. The lowest BCUT2D eigenvalue weighted by Gasteiger charge is -2.26. The average Bonchev–Trinajstić information content (AvgIpc) is 3.66. The predicted molar refractivity (Wildman–Crippen MR) is 155 cm³/mol. The minimum atomic E-state index is -0.251. The number of amides is 1. The second-order valence-electron chi connectivity index (χ2n) is 10.5. The van der Waals surface area contributed by atoms with Gasteiger partial charge in [-0.05, 0) is 38.0 Å². The van der Waals surface area contributed by atoms with E-state index in [-0.39, 0.29) is 29.3 Å². The molecule has 2 heterocycles. The lowest BCUT2D eigenvalue weighted by Crippen LogP contribution is -2.34. The van der Waals surface area contributed by atoms with Crippen molar-refractivity contribution >= 4 is 11.7 Å². The number of carbonyl (C=O) groups excluding carboxylic acids is 1. The fourth-order valence-corrected chi connectivity index (χ4v) is 5.30. The SMILES string of the molecule is COc1ccccc1C1(CN(C)C(=O)c2ccccc2OCc2nc3nc(-c4ccccc4)[nH]n3c(=O)c2C)CC1. The van der Waals surface area contributed by atoms with Crippen molar-refractivity contribution < 1.29 is 14.3 Å². The van der Waals surface area contributed by atoms with Crippen molar-refractivity contribution in [1.82, 2.24) is 24.5 Å². The van der Waals surface area contributed by atoms with Gasteiger partial charge in [0.15, 0.2) is 5.82 Å². The van der Waals surface area contributed by atoms with Gasteiger partial charge < -0.3 is 14.4 Å². The van der Waals surface area contributed by atoms with Crippen LogP contribution in [0.1, 0.15) is 40.0 Å². The van der Waals surface area contributed by atoms with E-state index in [1.54, 1.807) is 31.1 Å². The van der Waals surface area contributed by atoms with Crippen LogP contribution in [0.4, 0.5) is 0 Å². The Hall–Kier alpha value is -4.92. The molecule has 0 saturated heterocycles. The largest absolute Gasteiger partial charge is 0.496 e. The fraction of sp³-hybridized carbons (Fsp3) is 0.250. The number of rotatable bonds is 9. The van der Waals surface area contributed by atoms with Crippen LogP contribution in [-0.2, 0) is 12.0 Å². The Morgan fingerprint density at radius 1 is 0.976 bits per heavy atom. The van der Waals surface area contributed by atoms with Crippen molar-refractivity contribution in [2.24, 2.45) is 0 Å². The highest BCUT2D eigenvalue weighted by Crippen LogP contribution is 2.51. The first-order chi connectivity index (χ1) is 19.9. The number of ether oxygens (including phenoxy) is 2. The van der Waals surface area contributed by atoms with Gasteiger partial charge in [-0.1, -0.05) is 60.7 Å². The summed E-state index contributed by atoms with van der Waals surface area (Å²) >= 11 is 0. The minimum Gasteiger partial charge on any atom is -0.496 e. The summed E-state index contributed by atoms with van der Waals surface area (Å²) in [6, 6.07) is 24.7. The highest BCUT2D eigenvalue weighted by molar-refractivity contribution is 5.96. The molecule has 1 fully saturated rings. The number of aromatic nitrogens is 4. The van der Waals surface area contributed by atoms with Crippen LogP contribution in [-0.4, -0.2) is 51.1 Å². The van der Waals surface area contributed by atoms with E-state index in [2.05, 4.69) is 21.1 Å². The Labute approximate surface area is 237 Å². The molecule has 0 aliphatic heterocycles. The number of aromatic amines is 1. The molecule has 0 radical (unpaired) electrons. The molecule has 6 rings (SSSR count). The number of hydrogen-bond donors (Lipinski definition) is 1. The predicted octanol–water partition coefficient (Wildman–Crippen LogP) is 4.78. The molecule has 9 nitrogen and oxygen atoms in total. The van der Waals surface area contributed by atoms with E-state index in [0.29, 0.717) is 34.9 Å². The molecule has 3 aromatic carbocycles. The van der Waals surface area contributed by atoms with Crippen molar-refractivity contribution in [3.63, 3.8) is 0 Å². The molecule has 1 amide bonds. The van der Waals surface area contributed by atoms with E-state index in [0.717, 1.165) is 29.7 Å². The van der Waals surface area contributed by atoms with Gasteiger partial charge in [0.25, 0.3) is 17.2 Å². The maximum Gasteiger partial charge on any atom is 0.277 e. The zero-order valence-electron chi connectivity index (χ0n) is 23.3. The summed E-state index contributed by atoms with van der Waals surface area (Å²) in [5, 5.41) is 3.03. The van der Waals surface area contributed by atoms with E-state index < -0.39 is 0 Å². The molecule has 2 aromatic heterocycles. The highest BCUT2D eigenvalue weighted by atomic mass is 16.5. The summed E-state index contributed by atoms with van der Waals surface area (Å²) in [5.41, 5.74) is 2.97. The summed E-state index contributed by atoms with van der Waals surface area (Å²) in [7, 11) is 3.49. The Morgan fingerprint density at radius 2 is 1.66 bits per heavy atom. The van der Waals surface area contributed by atoms with Crippen LogP contribution >= 0.6 is 0 Å². The van der Waals surface area contributed by atoms with Crippen LogP contribution in [0.2, 0.25) is 0 Å². The van der Waals surface area contributed by atoms with Crippen molar-refractivity contribution in [3.05, 3.63) is 112 Å². The van der Waals surface area contributed by atoms with Gasteiger partial charge in [0, 0.05) is 35.7 Å². The molecule has 1 aliphatic carbocycles. The van der Waals surface area contributed by atoms with Crippen LogP contribution in [0.15, 0.2) is 83.7 Å². The van der Waals surface area contributed by atoms with Gasteiger partial charge in [-0.3, -0.25) is 14.7 Å². The first-order valence-electron chi connectivity index (χ1n) is 13.5. The van der Waals surface area contributed by atoms with Crippen LogP contribution < -0.4 is 15.0 Å². The molecule has 41 heavy (non-hydrogen) atoms. The number of H-pyrrole nitrogens is 1. The highest BCUT2D eigenvalue weighted by Gasteiger charge is 2.47. The molecule has 0 bridgehead atoms. The minimum absolute atomic E-state index is 0.0181. The lowest BCUT2D eigenvalue weighted by molar-refractivity contribution is 0.0776. The molecule has 208 valence electrons. The number of methoxy groups -OCH3 is 1. The van der Waals surface area contributed by atoms with Crippen LogP contribution in [0.5, 0.6) is 11.5 Å². The number of benzene rings is 3. The Kier molecular flexibility index (Phi) is 6.78. The number of carbonyl (C=O) groups is 1. The van der Waals surface area contributed by atoms with E-state index in [1.165, 1.54) is 4.52 Å². The topological polar surface area (TPSA) is 102 Å². The van der Waals surface area contributed by atoms with Gasteiger partial charge in [0.2, 0.25) is 0 Å². The number of likely N-dealkylation sites (N-methyl/N-ethyl adjacent to an activating group) is 1. The van der Waals surface area contributed by atoms with Gasteiger partial charge in [-0.2, -0.15) is 9.50 Å². The maximum atomic E-state index is 13.6. The standard InChI is InChI=1S/C32H31N5O4/c1-21-25(33-31-34-28(35-37(31)29(21)38)22-11-5-4-6-12-22)19-41-26-15-9-7-13-23(26)30(39)36(2)20-32(17-18-32)24-14-8-10-16-27(24)40-3/h4-16H,17-20H2,1-3H3,(H,33,34,35). The zero-order valence-corrected chi connectivity index (χ0v) is 23.3. The molecular weight excluding hydrogens is 518 g/mol. The zero-order chi connectivity index (χ0) is 28.6. The van der Waals surface area contributed by atoms with Crippen molar-refractivity contribution in [2.75, 3.05) is 20.7 Å². The monoisotopic (exact) mass is 549 g/mol. The van der Waals surface area contributed by atoms with Crippen LogP contribution in [0, 0.1) is 6.92 Å². The van der Waals surface area contributed by atoms with Gasteiger partial charge in [0.1, 0.15) is 18.1 Å². The average molecular weight is 550 g/mol. The maximum absolute atomic E-state index is 13.6. The summed E-state index contributed by atoms with van der Waals surface area (Å²) in [6.45, 7) is 2.29. The number of nitrogens with one attached hydrogen (secondary N) is 1. The second kappa shape index (κ2) is 10.6. The number of hydrogen-bond acceptors (Lipinski definition) is 6. The van der Waals surface area contributed by atoms with E-state index in [9.17, 15) is 9.59 Å². The van der Waals surface area contributed by atoms with Crippen molar-refractivity contribution in [2.45, 2.75) is 31.8 Å². The summed E-state index contributed by atoms with van der Waals surface area (Å²) in [6.07, 6.45) is 1.98. The van der Waals surface area contributed by atoms with Crippen LogP contribution in [0.25, 0.3) is 17.2 Å². The van der Waals surface area contributed by atoms with Crippen LogP contribution in [0.3, 0.4) is 0 Å². The molecule has 0 spiro atoms. The lowest BCUT2D eigenvalue weighted by atomic mass is 9.94. The quantitative estimate of drug-likeness (QED) is 0.284. The van der Waals surface area contributed by atoms with E-state index in [1.807, 2.05) is 67.7 Å². The molecule has 1 N–H and O–H groups in total. The Balaban J connectivity index is 1.22. The third-order valence-corrected chi connectivity index (χ3v) is 7.77. The molecule has 1 saturated carbocycles. The van der Waals surface area contributed by atoms with E-state index in [4.69, 9.17) is 9.47 Å². The Morgan fingerprint density at radius 3 is 2.39 bits per heavy atom. The van der Waals surface area contributed by atoms with Crippen molar-refractivity contribution in [1.29, 1.82) is 0 Å². The second-order valence-corrected chi connectivity index (χ2v) is 10.5. The number of nitrogens with zero attached hydrogens (tertiary/aromatic N) is 4. The molecule has 0 atom stereocenters. The molecule has 0 unspecified atom stereocenters. The summed E-state index contributed by atoms with van der Waals surface area (Å²) in [4.78, 5) is 37.6. The fourth-order valence-electron chi connectivity index (χ4n) is 5.30. The normalized spacial score (nSPS) is 13.6. The molecular formula is C32H31N5O4. The van der Waals surface area contributed by atoms with Gasteiger partial charge >= 0.3 is 0 Å². The summed E-state index contributed by atoms with van der Waals surface area (Å²) < 4.78 is 13.1. The Bertz CT molecular complexity index is 1790. The van der Waals surface area contributed by atoms with E-state index >= 15 is 0 Å². The summed E-state index contributed by atoms with van der Waals surface area (Å²) in [5.74, 6) is 1.95. The van der Waals surface area contributed by atoms with Crippen molar-refractivity contribution in [3.8, 4) is 22.9 Å². The number of para-hydroxylation sites is 2. The van der Waals surface area contributed by atoms with Gasteiger partial charge in [-0.15, -0.1) is 0 Å². The number of fused-ring (bicyclic) bond motifs is 1. The molecule has 1 aliphatic rings. The molecule has 5 aromatic rings. The van der Waals surface area contributed by atoms with Gasteiger partial charge in [0.05, 0.1) is 18.4 Å². The first kappa shape index (κ1) is 26.3. The molecule has 9 heteroatoms. The third-order valence-electron chi connectivity index (χ3n) is 7.77.